The summed E-state index contributed by atoms with van der Waals surface area (Å²) < 4.78 is 3.56. The van der Waals surface area contributed by atoms with E-state index in [-0.39, 0.29) is 13.2 Å². The van der Waals surface area contributed by atoms with Gasteiger partial charge in [0, 0.05) is 25.4 Å². The molecule has 0 rings (SSSR count). The third kappa shape index (κ3) is 6.84. The maximum absolute atomic E-state index is 9.57. The lowest BCUT2D eigenvalue weighted by Crippen LogP contribution is -2.32. The molecule has 0 aromatic heterocycles. The Bertz CT molecular complexity index is 89.6. The van der Waals surface area contributed by atoms with Crippen molar-refractivity contribution in [2.24, 2.45) is 0 Å². The van der Waals surface area contributed by atoms with Crippen LogP contribution in [0.5, 0.6) is 0 Å². The largest absolute Gasteiger partial charge is 0.711 e. The monoisotopic (exact) mass is 196 g/mol. The Balaban J connectivity index is 3.34. The van der Waals surface area contributed by atoms with Crippen molar-refractivity contribution >= 4 is 12.0 Å². The minimum absolute atomic E-state index is 0.0584. The average Bonchev–Trinajstić information content (AvgIpc) is 2.06. The molecule has 0 aliphatic rings. The predicted octanol–water partition coefficient (Wildman–Crippen LogP) is -1.79. The van der Waals surface area contributed by atoms with E-state index in [1.54, 1.807) is 0 Å². The molecule has 0 aromatic carbocycles. The van der Waals surface area contributed by atoms with Gasteiger partial charge < -0.3 is 19.8 Å². The third-order valence-corrected chi connectivity index (χ3v) is 1.82. The number of aliphatic hydroxyl groups excluding tert-OH is 2. The first-order valence-corrected chi connectivity index (χ1v) is 4.61. The van der Waals surface area contributed by atoms with E-state index in [0.29, 0.717) is 25.4 Å². The molecule has 0 radical (unpaired) electrons. The quantitative estimate of drug-likeness (QED) is 0.207. The van der Waals surface area contributed by atoms with Gasteiger partial charge in [-0.2, -0.15) is 0 Å². The zero-order valence-electron chi connectivity index (χ0n) is 6.81. The normalized spacial score (nSPS) is 11.0. The first-order valence-electron chi connectivity index (χ1n) is 3.70. The zero-order valence-corrected chi connectivity index (χ0v) is 7.63. The second-order valence-electron chi connectivity index (χ2n) is 2.18. The summed E-state index contributed by atoms with van der Waals surface area (Å²) in [6.45, 7) is 1.78. The standard InChI is InChI=1S/C6H15NO4S/c8-4-1-7(2-5-9)3-6-12-11-10/h8-10H,1-6H2/p-1. The highest BCUT2D eigenvalue weighted by Crippen LogP contribution is 1.98. The molecule has 0 unspecified atom stereocenters. The van der Waals surface area contributed by atoms with Crippen molar-refractivity contribution in [2.75, 3.05) is 38.6 Å². The van der Waals surface area contributed by atoms with Crippen LogP contribution in [0, 0.1) is 0 Å². The maximum Gasteiger partial charge on any atom is 0.0558 e. The lowest BCUT2D eigenvalue weighted by molar-refractivity contribution is -0.630. The van der Waals surface area contributed by atoms with Gasteiger partial charge in [-0.15, -0.1) is 0 Å². The SMILES string of the molecule is [O-]OSCCN(CCO)CCO. The van der Waals surface area contributed by atoms with Crippen molar-refractivity contribution in [3.05, 3.63) is 0 Å². The van der Waals surface area contributed by atoms with Crippen molar-refractivity contribution in [1.29, 1.82) is 0 Å². The fraction of sp³-hybridized carbons (Fsp3) is 1.00. The molecule has 0 spiro atoms. The maximum atomic E-state index is 9.57. The van der Waals surface area contributed by atoms with Gasteiger partial charge in [-0.25, -0.2) is 0 Å². The minimum Gasteiger partial charge on any atom is -0.711 e. The Morgan fingerprint density at radius 1 is 1.17 bits per heavy atom. The predicted molar refractivity (Wildman–Crippen MR) is 44.2 cm³/mol. The van der Waals surface area contributed by atoms with E-state index in [1.165, 1.54) is 0 Å². The van der Waals surface area contributed by atoms with E-state index in [9.17, 15) is 5.26 Å². The van der Waals surface area contributed by atoms with Crippen molar-refractivity contribution in [3.8, 4) is 0 Å². The molecule has 6 heteroatoms. The van der Waals surface area contributed by atoms with Crippen LogP contribution >= 0.6 is 12.0 Å². The van der Waals surface area contributed by atoms with Crippen LogP contribution in [-0.4, -0.2) is 53.7 Å². The summed E-state index contributed by atoms with van der Waals surface area (Å²) in [4.78, 5) is 1.85. The van der Waals surface area contributed by atoms with Crippen LogP contribution < -0.4 is 5.26 Å². The van der Waals surface area contributed by atoms with E-state index < -0.39 is 0 Å². The smallest absolute Gasteiger partial charge is 0.0558 e. The molecule has 0 atom stereocenters. The molecule has 0 aliphatic heterocycles. The van der Waals surface area contributed by atoms with Gasteiger partial charge in [0.05, 0.1) is 13.2 Å². The summed E-state index contributed by atoms with van der Waals surface area (Å²) in [6, 6.07) is 0. The first-order chi connectivity index (χ1) is 5.85. The molecule has 0 amide bonds. The number of hydrogen-bond acceptors (Lipinski definition) is 6. The molecule has 0 saturated heterocycles. The molecule has 0 bridgehead atoms. The minimum atomic E-state index is 0.0584. The van der Waals surface area contributed by atoms with E-state index in [0.717, 1.165) is 12.0 Å². The molecule has 0 aliphatic carbocycles. The first kappa shape index (κ1) is 12.2. The highest BCUT2D eigenvalue weighted by Gasteiger charge is 2.01. The van der Waals surface area contributed by atoms with Crippen LogP contribution in [0.15, 0.2) is 0 Å². The van der Waals surface area contributed by atoms with Crippen LogP contribution in [0.3, 0.4) is 0 Å². The summed E-state index contributed by atoms with van der Waals surface area (Å²) >= 11 is 0.828. The topological polar surface area (TPSA) is 76.0 Å². The number of nitrogens with zero attached hydrogens (tertiary/aromatic N) is 1. The Morgan fingerprint density at radius 3 is 2.17 bits per heavy atom. The van der Waals surface area contributed by atoms with Gasteiger partial charge in [-0.3, -0.25) is 4.90 Å². The Labute approximate surface area is 76.1 Å². The third-order valence-electron chi connectivity index (χ3n) is 1.37. The second kappa shape index (κ2) is 9.24. The van der Waals surface area contributed by atoms with Crippen LogP contribution in [0.1, 0.15) is 0 Å². The molecule has 5 nitrogen and oxygen atoms in total. The van der Waals surface area contributed by atoms with Crippen LogP contribution in [0.4, 0.5) is 0 Å². The van der Waals surface area contributed by atoms with Gasteiger partial charge in [-0.1, -0.05) is 0 Å². The van der Waals surface area contributed by atoms with Crippen LogP contribution in [0.25, 0.3) is 0 Å². The molecule has 0 saturated carbocycles. The number of aliphatic hydroxyl groups is 2. The molecule has 0 aromatic rings. The lowest BCUT2D eigenvalue weighted by Gasteiger charge is -2.19. The van der Waals surface area contributed by atoms with Crippen molar-refractivity contribution in [1.82, 2.24) is 4.90 Å². The summed E-state index contributed by atoms with van der Waals surface area (Å²) in [6.07, 6.45) is 0. The molecule has 0 fully saturated rings. The number of hydrogen-bond donors (Lipinski definition) is 2. The van der Waals surface area contributed by atoms with E-state index >= 15 is 0 Å². The van der Waals surface area contributed by atoms with Gasteiger partial charge in [0.1, 0.15) is 0 Å². The summed E-state index contributed by atoms with van der Waals surface area (Å²) in [5, 5.41) is 26.8. The summed E-state index contributed by atoms with van der Waals surface area (Å²) in [7, 11) is 0. The Kier molecular flexibility index (Phi) is 9.36. The molecule has 12 heavy (non-hydrogen) atoms. The van der Waals surface area contributed by atoms with E-state index in [2.05, 4.69) is 4.33 Å². The van der Waals surface area contributed by atoms with E-state index in [1.807, 2.05) is 4.90 Å². The van der Waals surface area contributed by atoms with Gasteiger partial charge in [0.2, 0.25) is 0 Å². The fourth-order valence-corrected chi connectivity index (χ4v) is 1.22. The molecule has 74 valence electrons. The van der Waals surface area contributed by atoms with Crippen molar-refractivity contribution in [3.63, 3.8) is 0 Å². The Morgan fingerprint density at radius 2 is 1.75 bits per heavy atom. The van der Waals surface area contributed by atoms with Crippen molar-refractivity contribution in [2.45, 2.75) is 0 Å². The highest BCUT2D eigenvalue weighted by molar-refractivity contribution is 7.94. The molecular formula is C6H14NO4S-. The lowest BCUT2D eigenvalue weighted by atomic mass is 10.5. The van der Waals surface area contributed by atoms with Crippen LogP contribution in [-0.2, 0) is 4.33 Å². The summed E-state index contributed by atoms with van der Waals surface area (Å²) in [5.74, 6) is 0.545. The average molecular weight is 196 g/mol. The van der Waals surface area contributed by atoms with Gasteiger partial charge >= 0.3 is 0 Å². The van der Waals surface area contributed by atoms with Crippen molar-refractivity contribution < 1.29 is 19.8 Å². The molecular weight excluding hydrogens is 182 g/mol. The zero-order chi connectivity index (χ0) is 9.23. The van der Waals surface area contributed by atoms with E-state index in [4.69, 9.17) is 10.2 Å². The van der Waals surface area contributed by atoms with Gasteiger partial charge in [0.25, 0.3) is 0 Å². The highest BCUT2D eigenvalue weighted by atomic mass is 32.2. The molecule has 2 N–H and O–H groups in total. The van der Waals surface area contributed by atoms with Gasteiger partial charge in [0.15, 0.2) is 0 Å². The summed E-state index contributed by atoms with van der Waals surface area (Å²) in [5.41, 5.74) is 0. The fourth-order valence-electron chi connectivity index (χ4n) is 0.819. The molecule has 0 heterocycles. The number of rotatable bonds is 8. The van der Waals surface area contributed by atoms with Crippen LogP contribution in [0.2, 0.25) is 0 Å². The second-order valence-corrected chi connectivity index (χ2v) is 2.96. The Hall–Kier alpha value is 0.150. The van der Waals surface area contributed by atoms with Gasteiger partial charge in [-0.05, 0) is 12.0 Å².